The van der Waals surface area contributed by atoms with E-state index in [2.05, 4.69) is 135 Å². The van der Waals surface area contributed by atoms with Gasteiger partial charge < -0.3 is 4.74 Å². The van der Waals surface area contributed by atoms with Crippen molar-refractivity contribution in [2.45, 2.75) is 50.5 Å². The van der Waals surface area contributed by atoms with Crippen LogP contribution in [0.2, 0.25) is 0 Å². The van der Waals surface area contributed by atoms with Gasteiger partial charge in [-0.3, -0.25) is 0 Å². The van der Waals surface area contributed by atoms with Crippen LogP contribution in [-0.2, 0) is 5.41 Å². The standard InChI is InChI=1S/C40H34O/c1-39-24-12-13-25-40(39,2)41-36-26-28(22-23-35(36)39)29-16-6-7-17-30(29)38-33-20-10-8-18-31(33)37(27-14-4-3-5-15-27)32-19-9-11-21-34(32)38/h3-11,14-23,26H,12-13,24-25H2,1-2H3. The molecule has 2 unspecified atom stereocenters. The van der Waals surface area contributed by atoms with Gasteiger partial charge in [-0.1, -0.05) is 129 Å². The number of fused-ring (bicyclic) bond motifs is 5. The van der Waals surface area contributed by atoms with Crippen LogP contribution in [0.4, 0.5) is 0 Å². The summed E-state index contributed by atoms with van der Waals surface area (Å²) in [4.78, 5) is 0. The topological polar surface area (TPSA) is 9.23 Å². The van der Waals surface area contributed by atoms with Crippen molar-refractivity contribution in [3.05, 3.63) is 127 Å². The third-order valence-corrected chi connectivity index (χ3v) is 10.2. The Bertz CT molecular complexity index is 1890. The average Bonchev–Trinajstić information content (AvgIpc) is 3.26. The highest BCUT2D eigenvalue weighted by Gasteiger charge is 2.55. The average molecular weight is 531 g/mol. The Labute approximate surface area is 242 Å². The number of hydrogen-bond acceptors (Lipinski definition) is 1. The predicted molar refractivity (Wildman–Crippen MR) is 173 cm³/mol. The first-order valence-electron chi connectivity index (χ1n) is 15.0. The van der Waals surface area contributed by atoms with Gasteiger partial charge in [0.15, 0.2) is 0 Å². The summed E-state index contributed by atoms with van der Waals surface area (Å²) in [6.45, 7) is 4.74. The zero-order valence-electron chi connectivity index (χ0n) is 23.8. The molecule has 2 aliphatic rings. The summed E-state index contributed by atoms with van der Waals surface area (Å²) in [6, 6.07) is 44.5. The molecule has 0 radical (unpaired) electrons. The van der Waals surface area contributed by atoms with E-state index in [9.17, 15) is 0 Å². The van der Waals surface area contributed by atoms with Crippen LogP contribution in [0.15, 0.2) is 121 Å². The molecule has 6 aromatic rings. The minimum atomic E-state index is -0.120. The van der Waals surface area contributed by atoms with Crippen LogP contribution >= 0.6 is 0 Å². The van der Waals surface area contributed by atoms with Crippen LogP contribution < -0.4 is 4.74 Å². The van der Waals surface area contributed by atoms with Crippen molar-refractivity contribution in [3.8, 4) is 39.1 Å². The summed E-state index contributed by atoms with van der Waals surface area (Å²) < 4.78 is 6.81. The molecule has 0 aromatic heterocycles. The van der Waals surface area contributed by atoms with Gasteiger partial charge in [0, 0.05) is 11.0 Å². The molecule has 1 nitrogen and oxygen atoms in total. The van der Waals surface area contributed by atoms with E-state index < -0.39 is 0 Å². The minimum Gasteiger partial charge on any atom is -0.486 e. The van der Waals surface area contributed by atoms with Gasteiger partial charge >= 0.3 is 0 Å². The third kappa shape index (κ3) is 3.55. The summed E-state index contributed by atoms with van der Waals surface area (Å²) in [5, 5.41) is 5.12. The first-order valence-corrected chi connectivity index (χ1v) is 15.0. The van der Waals surface area contributed by atoms with E-state index in [0.717, 1.165) is 12.2 Å². The largest absolute Gasteiger partial charge is 0.486 e. The predicted octanol–water partition coefficient (Wildman–Crippen LogP) is 11.0. The fourth-order valence-corrected chi connectivity index (χ4v) is 7.82. The second-order valence-corrected chi connectivity index (χ2v) is 12.3. The molecule has 200 valence electrons. The van der Waals surface area contributed by atoms with Gasteiger partial charge in [0.05, 0.1) is 0 Å². The van der Waals surface area contributed by atoms with Crippen LogP contribution in [0.25, 0.3) is 54.9 Å². The first kappa shape index (κ1) is 24.4. The Morgan fingerprint density at radius 2 is 1.07 bits per heavy atom. The van der Waals surface area contributed by atoms with E-state index in [1.807, 2.05) is 0 Å². The van der Waals surface area contributed by atoms with E-state index >= 15 is 0 Å². The summed E-state index contributed by atoms with van der Waals surface area (Å²) >= 11 is 0. The van der Waals surface area contributed by atoms with Gasteiger partial charge in [0.1, 0.15) is 11.4 Å². The summed E-state index contributed by atoms with van der Waals surface area (Å²) in [5.74, 6) is 1.07. The van der Waals surface area contributed by atoms with Gasteiger partial charge in [-0.05, 0) is 87.2 Å². The number of rotatable bonds is 3. The molecule has 8 rings (SSSR count). The Morgan fingerprint density at radius 3 is 1.76 bits per heavy atom. The maximum absolute atomic E-state index is 6.81. The van der Waals surface area contributed by atoms with Crippen molar-refractivity contribution < 1.29 is 4.74 Å². The van der Waals surface area contributed by atoms with Crippen molar-refractivity contribution in [2.75, 3.05) is 0 Å². The second-order valence-electron chi connectivity index (χ2n) is 12.3. The van der Waals surface area contributed by atoms with Crippen LogP contribution in [-0.4, -0.2) is 5.60 Å². The fraction of sp³-hybridized carbons (Fsp3) is 0.200. The lowest BCUT2D eigenvalue weighted by atomic mass is 9.63. The lowest BCUT2D eigenvalue weighted by Crippen LogP contribution is -2.49. The SMILES string of the molecule is CC12CCCCC1(C)c1ccc(-c3ccccc3-c3c4ccccc4c(-c4ccccc4)c4ccccc34)cc1O2. The highest BCUT2D eigenvalue weighted by Crippen LogP contribution is 2.57. The Morgan fingerprint density at radius 1 is 0.512 bits per heavy atom. The normalized spacial score (nSPS) is 21.4. The lowest BCUT2D eigenvalue weighted by molar-refractivity contribution is 0.00741. The molecule has 1 saturated carbocycles. The second kappa shape index (κ2) is 9.08. The van der Waals surface area contributed by atoms with Crippen molar-refractivity contribution in [2.24, 2.45) is 0 Å². The number of ether oxygens (including phenoxy) is 1. The molecule has 1 fully saturated rings. The zero-order valence-corrected chi connectivity index (χ0v) is 23.8. The molecule has 0 saturated heterocycles. The third-order valence-electron chi connectivity index (χ3n) is 10.2. The quantitative estimate of drug-likeness (QED) is 0.207. The summed E-state index contributed by atoms with van der Waals surface area (Å²) in [5.41, 5.74) is 8.89. The van der Waals surface area contributed by atoms with Crippen LogP contribution in [0.3, 0.4) is 0 Å². The monoisotopic (exact) mass is 530 g/mol. The highest BCUT2D eigenvalue weighted by atomic mass is 16.5. The molecule has 0 N–H and O–H groups in total. The molecule has 1 aliphatic carbocycles. The molecule has 41 heavy (non-hydrogen) atoms. The molecule has 6 aromatic carbocycles. The maximum Gasteiger partial charge on any atom is 0.124 e. The van der Waals surface area contributed by atoms with E-state index in [0.29, 0.717) is 0 Å². The molecule has 0 amide bonds. The molecule has 0 spiro atoms. The van der Waals surface area contributed by atoms with E-state index in [-0.39, 0.29) is 11.0 Å². The van der Waals surface area contributed by atoms with E-state index in [1.54, 1.807) is 0 Å². The fourth-order valence-electron chi connectivity index (χ4n) is 7.82. The summed E-state index contributed by atoms with van der Waals surface area (Å²) in [6.07, 6.45) is 4.83. The van der Waals surface area contributed by atoms with Crippen molar-refractivity contribution >= 4 is 21.5 Å². The van der Waals surface area contributed by atoms with Gasteiger partial charge in [0.2, 0.25) is 0 Å². The van der Waals surface area contributed by atoms with Crippen molar-refractivity contribution in [3.63, 3.8) is 0 Å². The van der Waals surface area contributed by atoms with Crippen LogP contribution in [0.5, 0.6) is 5.75 Å². The number of benzene rings is 6. The van der Waals surface area contributed by atoms with Crippen LogP contribution in [0.1, 0.15) is 45.1 Å². The smallest absolute Gasteiger partial charge is 0.124 e. The first-order chi connectivity index (χ1) is 20.1. The lowest BCUT2D eigenvalue weighted by Gasteiger charge is -2.43. The molecule has 1 heterocycles. The molecular formula is C40H34O. The Hall–Kier alpha value is -4.36. The zero-order chi connectivity index (χ0) is 27.6. The van der Waals surface area contributed by atoms with Gasteiger partial charge in [-0.2, -0.15) is 0 Å². The molecule has 1 heteroatoms. The molecule has 1 aliphatic heterocycles. The number of hydrogen-bond donors (Lipinski definition) is 0. The molecular weight excluding hydrogens is 496 g/mol. The van der Waals surface area contributed by atoms with Gasteiger partial charge in [-0.25, -0.2) is 0 Å². The highest BCUT2D eigenvalue weighted by molar-refractivity contribution is 6.22. The summed E-state index contributed by atoms with van der Waals surface area (Å²) in [7, 11) is 0. The molecule has 0 bridgehead atoms. The van der Waals surface area contributed by atoms with E-state index in [4.69, 9.17) is 4.74 Å². The molecule has 2 atom stereocenters. The van der Waals surface area contributed by atoms with E-state index in [1.165, 1.54) is 79.8 Å². The maximum atomic E-state index is 6.81. The van der Waals surface area contributed by atoms with Crippen molar-refractivity contribution in [1.82, 2.24) is 0 Å². The minimum absolute atomic E-state index is 0.0817. The van der Waals surface area contributed by atoms with Crippen molar-refractivity contribution in [1.29, 1.82) is 0 Å². The Balaban J connectivity index is 1.38. The Kier molecular flexibility index (Phi) is 5.41. The van der Waals surface area contributed by atoms with Gasteiger partial charge in [0.25, 0.3) is 0 Å². The van der Waals surface area contributed by atoms with Gasteiger partial charge in [-0.15, -0.1) is 0 Å². The van der Waals surface area contributed by atoms with Crippen LogP contribution in [0, 0.1) is 0 Å².